The van der Waals surface area contributed by atoms with Gasteiger partial charge in [-0.3, -0.25) is 4.90 Å². The van der Waals surface area contributed by atoms with Crippen LogP contribution in [0.1, 0.15) is 42.9 Å². The molecule has 1 heterocycles. The normalized spacial score (nSPS) is 14.6. The van der Waals surface area contributed by atoms with Crippen LogP contribution in [0.5, 0.6) is 17.2 Å². The van der Waals surface area contributed by atoms with E-state index in [-0.39, 0.29) is 0 Å². The highest BCUT2D eigenvalue weighted by atomic mass is 16.5. The molecule has 0 aliphatic carbocycles. The van der Waals surface area contributed by atoms with Crippen LogP contribution in [0.2, 0.25) is 0 Å². The minimum absolute atomic E-state index is 0.729. The van der Waals surface area contributed by atoms with E-state index in [0.717, 1.165) is 42.4 Å². The Bertz CT molecular complexity index is 1060. The van der Waals surface area contributed by atoms with Gasteiger partial charge in [-0.2, -0.15) is 0 Å². The molecule has 1 saturated heterocycles. The van der Waals surface area contributed by atoms with Gasteiger partial charge in [-0.25, -0.2) is 0 Å². The van der Waals surface area contributed by atoms with Crippen molar-refractivity contribution in [3.05, 3.63) is 89.5 Å². The fraction of sp³-hybridized carbons (Fsp3) is 0.333. The minimum atomic E-state index is 0.729. The molecule has 0 N–H and O–H groups in total. The highest BCUT2D eigenvalue weighted by molar-refractivity contribution is 5.98. The molecular formula is C30H35NO3. The largest absolute Gasteiger partial charge is 0.497 e. The molecule has 1 aliphatic heterocycles. The Morgan fingerprint density at radius 2 is 1.15 bits per heavy atom. The molecule has 3 aromatic carbocycles. The monoisotopic (exact) mass is 457 g/mol. The Morgan fingerprint density at radius 1 is 0.676 bits per heavy atom. The van der Waals surface area contributed by atoms with Gasteiger partial charge in [0.15, 0.2) is 0 Å². The summed E-state index contributed by atoms with van der Waals surface area (Å²) >= 11 is 0. The van der Waals surface area contributed by atoms with Gasteiger partial charge < -0.3 is 14.2 Å². The quantitative estimate of drug-likeness (QED) is 0.323. The second-order valence-electron chi connectivity index (χ2n) is 8.59. The zero-order valence-corrected chi connectivity index (χ0v) is 20.5. The number of ether oxygens (including phenoxy) is 3. The molecule has 4 rings (SSSR count). The smallest absolute Gasteiger partial charge is 0.119 e. The van der Waals surface area contributed by atoms with Crippen molar-refractivity contribution in [1.29, 1.82) is 0 Å². The summed E-state index contributed by atoms with van der Waals surface area (Å²) in [6, 6.07) is 25.1. The third kappa shape index (κ3) is 5.81. The van der Waals surface area contributed by atoms with Gasteiger partial charge in [0.1, 0.15) is 23.9 Å². The summed E-state index contributed by atoms with van der Waals surface area (Å²) in [4.78, 5) is 2.47. The van der Waals surface area contributed by atoms with Gasteiger partial charge in [0, 0.05) is 6.54 Å². The summed E-state index contributed by atoms with van der Waals surface area (Å²) < 4.78 is 16.8. The molecule has 0 radical (unpaired) electrons. The maximum Gasteiger partial charge on any atom is 0.119 e. The van der Waals surface area contributed by atoms with Crippen LogP contribution in [-0.2, 0) is 0 Å². The third-order valence-corrected chi connectivity index (χ3v) is 6.49. The van der Waals surface area contributed by atoms with Crippen LogP contribution >= 0.6 is 0 Å². The average molecular weight is 458 g/mol. The molecule has 4 nitrogen and oxygen atoms in total. The van der Waals surface area contributed by atoms with Crippen molar-refractivity contribution >= 4 is 11.1 Å². The van der Waals surface area contributed by atoms with Crippen molar-refractivity contribution in [2.75, 3.05) is 40.5 Å². The molecule has 0 amide bonds. The predicted octanol–water partition coefficient (Wildman–Crippen LogP) is 6.55. The van der Waals surface area contributed by atoms with E-state index in [1.807, 2.05) is 24.3 Å². The molecule has 178 valence electrons. The van der Waals surface area contributed by atoms with Crippen LogP contribution in [0.3, 0.4) is 0 Å². The number of methoxy groups -OCH3 is 2. The van der Waals surface area contributed by atoms with Crippen molar-refractivity contribution in [3.8, 4) is 17.2 Å². The second-order valence-corrected chi connectivity index (χ2v) is 8.59. The van der Waals surface area contributed by atoms with Crippen LogP contribution in [0.25, 0.3) is 11.1 Å². The lowest BCUT2D eigenvalue weighted by Gasteiger charge is -2.18. The lowest BCUT2D eigenvalue weighted by molar-refractivity contribution is 0.238. The first kappa shape index (κ1) is 23.9. The number of hydrogen-bond acceptors (Lipinski definition) is 4. The van der Waals surface area contributed by atoms with E-state index >= 15 is 0 Å². The Kier molecular flexibility index (Phi) is 8.26. The van der Waals surface area contributed by atoms with E-state index in [0.29, 0.717) is 0 Å². The maximum atomic E-state index is 6.05. The Morgan fingerprint density at radius 3 is 1.62 bits per heavy atom. The zero-order valence-electron chi connectivity index (χ0n) is 20.5. The molecule has 0 bridgehead atoms. The fourth-order valence-electron chi connectivity index (χ4n) is 4.61. The fourth-order valence-corrected chi connectivity index (χ4v) is 4.61. The first-order chi connectivity index (χ1) is 16.7. The van der Waals surface area contributed by atoms with E-state index in [2.05, 4.69) is 60.4 Å². The van der Waals surface area contributed by atoms with E-state index < -0.39 is 0 Å². The van der Waals surface area contributed by atoms with Crippen LogP contribution in [0.15, 0.2) is 72.8 Å². The van der Waals surface area contributed by atoms with Gasteiger partial charge in [-0.1, -0.05) is 43.3 Å². The lowest BCUT2D eigenvalue weighted by atomic mass is 9.88. The highest BCUT2D eigenvalue weighted by Gasteiger charge is 2.14. The number of nitrogens with zero attached hydrogens (tertiary/aromatic N) is 1. The van der Waals surface area contributed by atoms with E-state index in [4.69, 9.17) is 14.2 Å². The van der Waals surface area contributed by atoms with Gasteiger partial charge in [0.2, 0.25) is 0 Å². The molecule has 0 atom stereocenters. The van der Waals surface area contributed by atoms with Crippen LogP contribution in [-0.4, -0.2) is 45.4 Å². The number of hydrogen-bond donors (Lipinski definition) is 0. The topological polar surface area (TPSA) is 30.9 Å². The predicted molar refractivity (Wildman–Crippen MR) is 140 cm³/mol. The second kappa shape index (κ2) is 11.8. The Balaban J connectivity index is 1.64. The summed E-state index contributed by atoms with van der Waals surface area (Å²) in [5.41, 5.74) is 6.04. The molecular weight excluding hydrogens is 422 g/mol. The molecule has 4 heteroatoms. The molecule has 0 saturated carbocycles. The summed E-state index contributed by atoms with van der Waals surface area (Å²) in [5.74, 6) is 2.63. The number of benzene rings is 3. The van der Waals surface area contributed by atoms with Crippen molar-refractivity contribution in [3.63, 3.8) is 0 Å². The van der Waals surface area contributed by atoms with E-state index in [1.54, 1.807) is 14.2 Å². The molecule has 0 unspecified atom stereocenters. The molecule has 0 aromatic heterocycles. The molecule has 34 heavy (non-hydrogen) atoms. The van der Waals surface area contributed by atoms with Gasteiger partial charge in [-0.05, 0) is 96.6 Å². The minimum Gasteiger partial charge on any atom is -0.497 e. The number of rotatable bonds is 10. The molecule has 1 aliphatic rings. The van der Waals surface area contributed by atoms with Crippen molar-refractivity contribution in [1.82, 2.24) is 4.90 Å². The average Bonchev–Trinajstić information content (AvgIpc) is 3.42. The number of likely N-dealkylation sites (tertiary alicyclic amines) is 1. The van der Waals surface area contributed by atoms with Crippen molar-refractivity contribution in [2.24, 2.45) is 0 Å². The summed E-state index contributed by atoms with van der Waals surface area (Å²) in [7, 11) is 3.40. The highest BCUT2D eigenvalue weighted by Crippen LogP contribution is 2.36. The first-order valence-corrected chi connectivity index (χ1v) is 12.2. The zero-order chi connectivity index (χ0) is 23.8. The van der Waals surface area contributed by atoms with Gasteiger partial charge in [0.25, 0.3) is 0 Å². The Labute approximate surface area is 203 Å². The van der Waals surface area contributed by atoms with Crippen molar-refractivity contribution in [2.45, 2.75) is 26.2 Å². The first-order valence-electron chi connectivity index (χ1n) is 12.2. The van der Waals surface area contributed by atoms with Gasteiger partial charge in [-0.15, -0.1) is 0 Å². The summed E-state index contributed by atoms with van der Waals surface area (Å²) in [6.07, 6.45) is 3.52. The van der Waals surface area contributed by atoms with Gasteiger partial charge in [0.05, 0.1) is 14.2 Å². The lowest BCUT2D eigenvalue weighted by Crippen LogP contribution is -2.25. The van der Waals surface area contributed by atoms with Crippen LogP contribution in [0.4, 0.5) is 0 Å². The molecule has 0 spiro atoms. The van der Waals surface area contributed by atoms with E-state index in [9.17, 15) is 0 Å². The SMILES string of the molecule is CC/C(=C(\c1ccc(OC)cc1)c1ccc(OCCN2CCCC2)cc1)c1ccc(OC)cc1. The number of allylic oxidation sites excluding steroid dienone is 1. The summed E-state index contributed by atoms with van der Waals surface area (Å²) in [6.45, 7) is 6.33. The van der Waals surface area contributed by atoms with Crippen molar-refractivity contribution < 1.29 is 14.2 Å². The maximum absolute atomic E-state index is 6.05. The Hall–Kier alpha value is -3.24. The molecule has 1 fully saturated rings. The van der Waals surface area contributed by atoms with Crippen LogP contribution < -0.4 is 14.2 Å². The standard InChI is InChI=1S/C30H35NO3/c1-4-29(23-7-13-26(32-2)14-8-23)30(24-9-15-27(33-3)16-10-24)25-11-17-28(18-12-25)34-22-21-31-19-5-6-20-31/h7-18H,4-6,19-22H2,1-3H3/b30-29-. The molecule has 3 aromatic rings. The van der Waals surface area contributed by atoms with Gasteiger partial charge >= 0.3 is 0 Å². The third-order valence-electron chi connectivity index (χ3n) is 6.49. The van der Waals surface area contributed by atoms with Crippen LogP contribution in [0, 0.1) is 0 Å². The summed E-state index contributed by atoms with van der Waals surface area (Å²) in [5, 5.41) is 0. The van der Waals surface area contributed by atoms with E-state index in [1.165, 1.54) is 48.2 Å².